The number of amides is 3. The van der Waals surface area contributed by atoms with Crippen molar-refractivity contribution in [1.82, 2.24) is 24.6 Å². The number of fused-ring (bicyclic) bond motifs is 2. The Kier molecular flexibility index (Phi) is 9.41. The Hall–Kier alpha value is -4.22. The van der Waals surface area contributed by atoms with Gasteiger partial charge in [-0.1, -0.05) is 24.3 Å². The minimum absolute atomic E-state index is 0.0646. The van der Waals surface area contributed by atoms with E-state index < -0.39 is 14.2 Å². The standard InChI is InChI=1S/C35H44N6O4Si/c1-25-19-26(20-29-22-37-41(33(25)29)24-44-17-18-46(2,3)4)21-32(27-9-13-36-14-10-27)45-35(43)39-15-11-30(12-16-39)40-23-28-7-5-6-8-31(28)38-34(40)42/h5-10,13-14,19-20,22,30,32H,11-12,15-18,21,23-24H2,1-4H3,(H,38,42)/q-1. The number of pyridine rings is 1. The molecule has 3 amide bonds. The maximum absolute atomic E-state index is 13.5. The molecule has 0 radical (unpaired) electrons. The number of carbonyl (C=O) groups excluding carboxylic acids is 2. The number of nitrogens with zero attached hydrogens (tertiary/aromatic N) is 5. The molecule has 2 aromatic heterocycles. The molecule has 4 aromatic rings. The van der Waals surface area contributed by atoms with Crippen molar-refractivity contribution in [2.24, 2.45) is 0 Å². The number of nitrogens with one attached hydrogen (secondary N) is 1. The van der Waals surface area contributed by atoms with Crippen LogP contribution in [0.15, 0.2) is 67.1 Å². The molecule has 1 fully saturated rings. The quantitative estimate of drug-likeness (QED) is 0.148. The first-order chi connectivity index (χ1) is 22.1. The summed E-state index contributed by atoms with van der Waals surface area (Å²) in [5, 5.41) is 8.65. The van der Waals surface area contributed by atoms with Crippen LogP contribution in [0.4, 0.5) is 15.3 Å². The number of para-hydroxylation sites is 1. The second-order valence-corrected chi connectivity index (χ2v) is 19.3. The van der Waals surface area contributed by atoms with Crippen molar-refractivity contribution in [3.05, 3.63) is 89.4 Å². The fourth-order valence-electron chi connectivity index (χ4n) is 6.36. The van der Waals surface area contributed by atoms with Gasteiger partial charge in [0.2, 0.25) is 0 Å². The van der Waals surface area contributed by atoms with E-state index in [0.29, 0.717) is 45.6 Å². The second kappa shape index (κ2) is 13.6. The lowest BCUT2D eigenvalue weighted by molar-refractivity contribution is 0.0477. The minimum Gasteiger partial charge on any atom is -0.441 e. The molecule has 0 aliphatic carbocycles. The predicted molar refractivity (Wildman–Crippen MR) is 181 cm³/mol. The molecule has 2 aliphatic heterocycles. The minimum atomic E-state index is -1.16. The summed E-state index contributed by atoms with van der Waals surface area (Å²) in [6.45, 7) is 11.9. The molecule has 1 saturated heterocycles. The number of urea groups is 1. The van der Waals surface area contributed by atoms with Gasteiger partial charge in [0, 0.05) is 62.2 Å². The van der Waals surface area contributed by atoms with Gasteiger partial charge in [0.05, 0.1) is 11.7 Å². The number of carbonyl (C=O) groups is 2. The van der Waals surface area contributed by atoms with Crippen LogP contribution in [0.25, 0.3) is 10.9 Å². The molecule has 11 heteroatoms. The van der Waals surface area contributed by atoms with Gasteiger partial charge in [-0.05, 0) is 66.3 Å². The first kappa shape index (κ1) is 31.7. The zero-order valence-corrected chi connectivity index (χ0v) is 28.2. The first-order valence-electron chi connectivity index (χ1n) is 16.2. The monoisotopic (exact) mass is 640 g/mol. The summed E-state index contributed by atoms with van der Waals surface area (Å²) >= 11 is 0. The molecule has 2 aliphatic rings. The predicted octanol–water partition coefficient (Wildman–Crippen LogP) is 6.98. The molecule has 2 aromatic carbocycles. The van der Waals surface area contributed by atoms with Gasteiger partial charge in [0.1, 0.15) is 12.8 Å². The van der Waals surface area contributed by atoms with E-state index in [9.17, 15) is 9.59 Å². The average Bonchev–Trinajstić information content (AvgIpc) is 3.46. The first-order valence-corrected chi connectivity index (χ1v) is 19.9. The maximum atomic E-state index is 13.5. The smallest absolute Gasteiger partial charge is 0.410 e. The van der Waals surface area contributed by atoms with Crippen LogP contribution in [0.1, 0.15) is 41.2 Å². The van der Waals surface area contributed by atoms with E-state index >= 15 is 0 Å². The van der Waals surface area contributed by atoms with Gasteiger partial charge in [-0.2, -0.15) is 24.7 Å². The lowest BCUT2D eigenvalue weighted by atomic mass is 9.99. The number of ether oxygens (including phenoxy) is 2. The number of rotatable bonds is 10. The summed E-state index contributed by atoms with van der Waals surface area (Å²) in [5.74, 6) is 0. The SMILES string of the molecule is Cc1cc(CC(OC(=O)N2CCC(N3Cc4ccccc4NC3=O)CC2)c2ccncc2)cc2cnn(COCC[Si-](C)(C)C)c12. The fourth-order valence-corrected chi connectivity index (χ4v) is 7.12. The Labute approximate surface area is 271 Å². The van der Waals surface area contributed by atoms with Crippen molar-refractivity contribution in [3.63, 3.8) is 0 Å². The van der Waals surface area contributed by atoms with Crippen molar-refractivity contribution in [2.75, 3.05) is 25.0 Å². The molecule has 1 unspecified atom stereocenters. The largest absolute Gasteiger partial charge is 0.441 e. The van der Waals surface area contributed by atoms with Crippen molar-refractivity contribution >= 4 is 36.8 Å². The molecular formula is C35H44N6O4Si-. The van der Waals surface area contributed by atoms with E-state index in [1.54, 1.807) is 17.3 Å². The van der Waals surface area contributed by atoms with Crippen LogP contribution < -0.4 is 5.32 Å². The summed E-state index contributed by atoms with van der Waals surface area (Å²) in [5.41, 5.74) is 6.10. The zero-order chi connectivity index (χ0) is 32.3. The number of benzene rings is 2. The lowest BCUT2D eigenvalue weighted by Crippen LogP contribution is -2.51. The van der Waals surface area contributed by atoms with Crippen LogP contribution >= 0.6 is 0 Å². The van der Waals surface area contributed by atoms with E-state index in [1.807, 2.05) is 52.2 Å². The Bertz CT molecular complexity index is 1680. The maximum Gasteiger partial charge on any atom is 0.410 e. The second-order valence-electron chi connectivity index (χ2n) is 13.6. The van der Waals surface area contributed by atoms with Crippen LogP contribution in [0.5, 0.6) is 0 Å². The van der Waals surface area contributed by atoms with Gasteiger partial charge in [-0.3, -0.25) is 4.98 Å². The summed E-state index contributed by atoms with van der Waals surface area (Å²) in [6.07, 6.45) is 6.44. The molecule has 0 spiro atoms. The van der Waals surface area contributed by atoms with E-state index in [4.69, 9.17) is 9.47 Å². The van der Waals surface area contributed by atoms with Crippen molar-refractivity contribution in [1.29, 1.82) is 0 Å². The van der Waals surface area contributed by atoms with E-state index in [-0.39, 0.29) is 18.2 Å². The topological polar surface area (TPSA) is 102 Å². The van der Waals surface area contributed by atoms with Crippen molar-refractivity contribution < 1.29 is 19.1 Å². The summed E-state index contributed by atoms with van der Waals surface area (Å²) in [4.78, 5) is 34.2. The zero-order valence-electron chi connectivity index (χ0n) is 27.2. The highest BCUT2D eigenvalue weighted by Crippen LogP contribution is 2.30. The Balaban J connectivity index is 1.10. The van der Waals surface area contributed by atoms with Gasteiger partial charge >= 0.3 is 12.1 Å². The number of likely N-dealkylation sites (tertiary alicyclic amines) is 1. The molecule has 6 rings (SSSR count). The van der Waals surface area contributed by atoms with Gasteiger partial charge in [-0.15, -0.1) is 14.1 Å². The van der Waals surface area contributed by atoms with E-state index in [0.717, 1.165) is 51.5 Å². The molecule has 1 N–H and O–H groups in total. The van der Waals surface area contributed by atoms with Gasteiger partial charge in [0.25, 0.3) is 0 Å². The molecule has 1 atom stereocenters. The number of anilines is 1. The number of aryl methyl sites for hydroxylation is 1. The summed E-state index contributed by atoms with van der Waals surface area (Å²) in [6, 6.07) is 17.1. The van der Waals surface area contributed by atoms with Crippen LogP contribution in [0.2, 0.25) is 25.7 Å². The molecule has 46 heavy (non-hydrogen) atoms. The summed E-state index contributed by atoms with van der Waals surface area (Å²) in [7, 11) is -1.16. The van der Waals surface area contributed by atoms with E-state index in [2.05, 4.69) is 54.1 Å². The Morgan fingerprint density at radius 2 is 1.85 bits per heavy atom. The molecule has 10 nitrogen and oxygen atoms in total. The highest BCUT2D eigenvalue weighted by atomic mass is 28.3. The molecule has 0 bridgehead atoms. The lowest BCUT2D eigenvalue weighted by Gasteiger charge is -2.40. The highest BCUT2D eigenvalue weighted by molar-refractivity contribution is 6.76. The van der Waals surface area contributed by atoms with Crippen LogP contribution in [0.3, 0.4) is 0 Å². The third kappa shape index (κ3) is 7.42. The van der Waals surface area contributed by atoms with Crippen LogP contribution in [0, 0.1) is 6.92 Å². The van der Waals surface area contributed by atoms with Gasteiger partial charge in [0.15, 0.2) is 0 Å². The highest BCUT2D eigenvalue weighted by Gasteiger charge is 2.33. The molecule has 4 heterocycles. The summed E-state index contributed by atoms with van der Waals surface area (Å²) < 4.78 is 14.1. The van der Waals surface area contributed by atoms with Gasteiger partial charge < -0.3 is 24.6 Å². The Morgan fingerprint density at radius 3 is 2.61 bits per heavy atom. The molecular weight excluding hydrogens is 597 g/mol. The Morgan fingerprint density at radius 1 is 1.09 bits per heavy atom. The van der Waals surface area contributed by atoms with Crippen LogP contribution in [-0.2, 0) is 29.2 Å². The van der Waals surface area contributed by atoms with E-state index in [1.165, 1.54) is 0 Å². The fraction of sp³-hybridized carbons (Fsp3) is 0.429. The third-order valence-corrected chi connectivity index (χ3v) is 10.7. The molecule has 243 valence electrons. The number of piperidine rings is 1. The third-order valence-electron chi connectivity index (χ3n) is 8.96. The number of hydrogen-bond acceptors (Lipinski definition) is 6. The molecule has 0 saturated carbocycles. The number of hydrogen-bond donors (Lipinski definition) is 1. The van der Waals surface area contributed by atoms with Crippen molar-refractivity contribution in [2.45, 2.75) is 77.3 Å². The normalized spacial score (nSPS) is 16.3. The average molecular weight is 641 g/mol. The number of aromatic nitrogens is 3. The van der Waals surface area contributed by atoms with Crippen molar-refractivity contribution in [3.8, 4) is 0 Å². The van der Waals surface area contributed by atoms with Gasteiger partial charge in [-0.25, -0.2) is 14.3 Å². The van der Waals surface area contributed by atoms with Crippen LogP contribution in [-0.4, -0.2) is 70.5 Å².